The molecule has 2 aromatic heterocycles. The van der Waals surface area contributed by atoms with E-state index in [-0.39, 0.29) is 17.6 Å². The molecule has 1 N–H and O–H groups in total. The first-order valence-electron chi connectivity index (χ1n) is 15.1. The minimum atomic E-state index is -3.36. The molecule has 41 heavy (non-hydrogen) atoms. The summed E-state index contributed by atoms with van der Waals surface area (Å²) in [6.07, 6.45) is 6.68. The van der Waals surface area contributed by atoms with Crippen molar-refractivity contribution in [3.8, 4) is 0 Å². The first-order valence-corrected chi connectivity index (χ1v) is 19.7. The van der Waals surface area contributed by atoms with Gasteiger partial charge >= 0.3 is 0 Å². The van der Waals surface area contributed by atoms with Crippen LogP contribution < -0.4 is 0 Å². The Balaban J connectivity index is 1.51. The summed E-state index contributed by atoms with van der Waals surface area (Å²) in [5, 5.41) is 12.8. The number of hydrogen-bond acceptors (Lipinski definition) is 4. The number of aromatic nitrogens is 2. The molecular weight excluding hydrogens is 614 g/mol. The van der Waals surface area contributed by atoms with Crippen molar-refractivity contribution in [3.05, 3.63) is 64.4 Å². The van der Waals surface area contributed by atoms with Gasteiger partial charge in [0.15, 0.2) is 8.24 Å². The van der Waals surface area contributed by atoms with Gasteiger partial charge in [-0.3, -0.25) is 0 Å². The Morgan fingerprint density at radius 1 is 1.00 bits per heavy atom. The zero-order valence-electron chi connectivity index (χ0n) is 25.7. The van der Waals surface area contributed by atoms with Crippen LogP contribution in [0, 0.1) is 11.8 Å². The van der Waals surface area contributed by atoms with Crippen LogP contribution in [0.5, 0.6) is 0 Å². The van der Waals surface area contributed by atoms with E-state index in [0.29, 0.717) is 23.2 Å². The summed E-state index contributed by atoms with van der Waals surface area (Å²) in [5.74, 6) is 0.360. The van der Waals surface area contributed by atoms with Gasteiger partial charge in [-0.25, -0.2) is 17.7 Å². The molecule has 4 rings (SSSR count). The molecule has 3 aromatic rings. The van der Waals surface area contributed by atoms with Crippen molar-refractivity contribution in [2.45, 2.75) is 96.5 Å². The third-order valence-electron chi connectivity index (χ3n) is 9.70. The van der Waals surface area contributed by atoms with Crippen molar-refractivity contribution >= 4 is 45.2 Å². The molecule has 1 unspecified atom stereocenters. The fraction of sp³-hybridized carbons (Fsp3) is 0.594. The van der Waals surface area contributed by atoms with Crippen LogP contribution in [0.2, 0.25) is 16.6 Å². The van der Waals surface area contributed by atoms with Crippen molar-refractivity contribution in [3.63, 3.8) is 0 Å². The minimum Gasteiger partial charge on any atom is -0.388 e. The fourth-order valence-electron chi connectivity index (χ4n) is 7.80. The highest BCUT2D eigenvalue weighted by Crippen LogP contribution is 2.46. The Morgan fingerprint density at radius 2 is 1.59 bits per heavy atom. The van der Waals surface area contributed by atoms with E-state index in [0.717, 1.165) is 52.3 Å². The molecule has 0 bridgehead atoms. The Morgan fingerprint density at radius 3 is 2.15 bits per heavy atom. The Kier molecular flexibility index (Phi) is 10.3. The highest BCUT2D eigenvalue weighted by Gasteiger charge is 2.46. The molecule has 0 amide bonds. The summed E-state index contributed by atoms with van der Waals surface area (Å²) in [6, 6.07) is 11.9. The summed E-state index contributed by atoms with van der Waals surface area (Å²) in [4.78, 5) is 4.91. The van der Waals surface area contributed by atoms with Crippen LogP contribution in [0.3, 0.4) is 0 Å². The summed E-state index contributed by atoms with van der Waals surface area (Å²) in [6.45, 7) is 14.5. The standard InChI is InChI=1S/C32H48BrN3O3SSi/c1-22(2)41(23(3)4,24(5)6)36-18-17-28-30(29(33)19-34-32(28)36)31(37)27-15-13-26(14-16-27)21-40(38,39)35(7)20-25-11-9-8-10-12-25/h8-12,17-19,22-24,26-27,31,37H,13-16,20-21H2,1-7H3. The number of benzene rings is 1. The van der Waals surface area contributed by atoms with Gasteiger partial charge in [0.05, 0.1) is 11.9 Å². The zero-order chi connectivity index (χ0) is 30.1. The minimum absolute atomic E-state index is 0.0866. The van der Waals surface area contributed by atoms with E-state index in [1.54, 1.807) is 7.05 Å². The second kappa shape index (κ2) is 13.0. The maximum absolute atomic E-state index is 13.1. The molecule has 6 nitrogen and oxygen atoms in total. The van der Waals surface area contributed by atoms with Gasteiger partial charge in [-0.2, -0.15) is 0 Å². The monoisotopic (exact) mass is 661 g/mol. The topological polar surface area (TPSA) is 75.4 Å². The van der Waals surface area contributed by atoms with Gasteiger partial charge in [-0.1, -0.05) is 71.9 Å². The highest BCUT2D eigenvalue weighted by molar-refractivity contribution is 9.10. The van der Waals surface area contributed by atoms with Crippen LogP contribution in [0.4, 0.5) is 0 Å². The number of aliphatic hydroxyl groups excluding tert-OH is 1. The molecule has 1 saturated carbocycles. The average Bonchev–Trinajstić information content (AvgIpc) is 3.32. The van der Waals surface area contributed by atoms with Crippen LogP contribution in [-0.4, -0.2) is 48.1 Å². The van der Waals surface area contributed by atoms with Crippen LogP contribution in [0.25, 0.3) is 11.0 Å². The van der Waals surface area contributed by atoms with Gasteiger partial charge in [-0.05, 0) is 87.9 Å². The number of sulfonamides is 1. The van der Waals surface area contributed by atoms with Crippen LogP contribution in [0.1, 0.15) is 84.5 Å². The first kappa shape index (κ1) is 32.4. The largest absolute Gasteiger partial charge is 0.388 e. The lowest BCUT2D eigenvalue weighted by atomic mass is 9.78. The van der Waals surface area contributed by atoms with Gasteiger partial charge in [0.25, 0.3) is 0 Å². The zero-order valence-corrected chi connectivity index (χ0v) is 29.1. The fourth-order valence-corrected chi connectivity index (χ4v) is 16.4. The molecule has 0 spiro atoms. The molecule has 1 aliphatic rings. The van der Waals surface area contributed by atoms with Gasteiger partial charge < -0.3 is 9.34 Å². The molecule has 1 aliphatic carbocycles. The van der Waals surface area contributed by atoms with E-state index in [2.05, 4.69) is 74.0 Å². The number of pyridine rings is 1. The quantitative estimate of drug-likeness (QED) is 0.211. The number of nitrogens with zero attached hydrogens (tertiary/aromatic N) is 3. The lowest BCUT2D eigenvalue weighted by molar-refractivity contribution is 0.0763. The summed E-state index contributed by atoms with van der Waals surface area (Å²) < 4.78 is 31.1. The van der Waals surface area contributed by atoms with Crippen molar-refractivity contribution in [2.24, 2.45) is 11.8 Å². The lowest BCUT2D eigenvalue weighted by Gasteiger charge is -2.44. The predicted octanol–water partition coefficient (Wildman–Crippen LogP) is 8.12. The van der Waals surface area contributed by atoms with E-state index in [1.807, 2.05) is 36.5 Å². The second-order valence-corrected chi connectivity index (χ2v) is 21.7. The lowest BCUT2D eigenvalue weighted by Crippen LogP contribution is -2.51. The van der Waals surface area contributed by atoms with Crippen LogP contribution >= 0.6 is 15.9 Å². The molecule has 0 saturated heterocycles. The van der Waals surface area contributed by atoms with Gasteiger partial charge in [-0.15, -0.1) is 0 Å². The molecule has 0 radical (unpaired) electrons. The number of aliphatic hydroxyl groups is 1. The molecule has 226 valence electrons. The van der Waals surface area contributed by atoms with E-state index in [4.69, 9.17) is 4.98 Å². The summed E-state index contributed by atoms with van der Waals surface area (Å²) in [7, 11) is -3.69. The SMILES string of the molecule is CC(C)[Si](C(C)C)(C(C)C)n1ccc2c(C(O)C3CCC(CS(=O)(=O)N(C)Cc4ccccc4)CC3)c(Br)cnc21. The van der Waals surface area contributed by atoms with E-state index >= 15 is 0 Å². The van der Waals surface area contributed by atoms with E-state index in [1.165, 1.54) is 4.31 Å². The van der Waals surface area contributed by atoms with Gasteiger partial charge in [0.1, 0.15) is 5.65 Å². The average molecular weight is 663 g/mol. The van der Waals surface area contributed by atoms with Crippen molar-refractivity contribution in [1.29, 1.82) is 0 Å². The second-order valence-electron chi connectivity index (χ2n) is 13.0. The third-order valence-corrected chi connectivity index (χ3v) is 19.0. The molecule has 2 heterocycles. The third kappa shape index (κ3) is 6.39. The molecule has 9 heteroatoms. The Bertz CT molecular complexity index is 1390. The maximum atomic E-state index is 13.1. The summed E-state index contributed by atoms with van der Waals surface area (Å²) in [5.41, 5.74) is 4.50. The van der Waals surface area contributed by atoms with Crippen molar-refractivity contribution < 1.29 is 13.5 Å². The molecule has 1 fully saturated rings. The van der Waals surface area contributed by atoms with Crippen LogP contribution in [-0.2, 0) is 16.6 Å². The Labute approximate surface area is 256 Å². The normalized spacial score (nSPS) is 19.6. The Hall–Kier alpha value is -1.52. The van der Waals surface area contributed by atoms with E-state index in [9.17, 15) is 13.5 Å². The van der Waals surface area contributed by atoms with Gasteiger partial charge in [0.2, 0.25) is 10.0 Å². The van der Waals surface area contributed by atoms with E-state index < -0.39 is 24.4 Å². The summed E-state index contributed by atoms with van der Waals surface area (Å²) >= 11 is 3.72. The number of halogens is 1. The molecule has 1 atom stereocenters. The van der Waals surface area contributed by atoms with Gasteiger partial charge in [0, 0.05) is 35.2 Å². The highest BCUT2D eigenvalue weighted by atomic mass is 79.9. The smallest absolute Gasteiger partial charge is 0.214 e. The number of hydrogen-bond donors (Lipinski definition) is 1. The molecule has 1 aromatic carbocycles. The first-order chi connectivity index (χ1) is 19.3. The molecule has 0 aliphatic heterocycles. The predicted molar refractivity (Wildman–Crippen MR) is 176 cm³/mol. The number of fused-ring (bicyclic) bond motifs is 1. The number of rotatable bonds is 11. The molecular formula is C32H48BrN3O3SSi. The maximum Gasteiger partial charge on any atom is 0.214 e. The van der Waals surface area contributed by atoms with Crippen molar-refractivity contribution in [1.82, 2.24) is 13.5 Å². The van der Waals surface area contributed by atoms with Crippen LogP contribution in [0.15, 0.2) is 53.3 Å². The van der Waals surface area contributed by atoms with Crippen molar-refractivity contribution in [2.75, 3.05) is 12.8 Å².